The molecule has 0 N–H and O–H groups in total. The maximum absolute atomic E-state index is 12.7. The molecule has 0 saturated carbocycles. The highest BCUT2D eigenvalue weighted by molar-refractivity contribution is 5.80. The van der Waals surface area contributed by atoms with Gasteiger partial charge in [-0.25, -0.2) is 0 Å². The highest BCUT2D eigenvalue weighted by Crippen LogP contribution is 2.31. The molecular weight excluding hydrogens is 308 g/mol. The van der Waals surface area contributed by atoms with E-state index in [2.05, 4.69) is 4.74 Å². The first-order chi connectivity index (χ1) is 11.1. The van der Waals surface area contributed by atoms with Gasteiger partial charge in [0.2, 0.25) is 5.91 Å². The lowest BCUT2D eigenvalue weighted by Gasteiger charge is -2.43. The van der Waals surface area contributed by atoms with Crippen LogP contribution in [0.1, 0.15) is 12.0 Å². The summed E-state index contributed by atoms with van der Waals surface area (Å²) in [5.74, 6) is -0.0788. The third kappa shape index (κ3) is 3.45. The number of amides is 1. The first-order valence-electron chi connectivity index (χ1n) is 7.59. The molecule has 126 valence electrons. The Kier molecular flexibility index (Phi) is 4.77. The van der Waals surface area contributed by atoms with E-state index in [9.17, 15) is 13.6 Å². The molecular formula is C16H19F2NO4. The molecule has 7 heteroatoms. The smallest absolute Gasteiger partial charge is 0.387 e. The summed E-state index contributed by atoms with van der Waals surface area (Å²) in [7, 11) is 0. The normalized spacial score (nSPS) is 24.4. The molecule has 1 atom stereocenters. The molecule has 2 aliphatic heterocycles. The Labute approximate surface area is 133 Å². The Hall–Kier alpha value is -1.73. The number of halogens is 2. The molecule has 1 spiro atoms. The van der Waals surface area contributed by atoms with E-state index < -0.39 is 12.2 Å². The number of rotatable bonds is 4. The van der Waals surface area contributed by atoms with Crippen molar-refractivity contribution < 1.29 is 27.8 Å². The second-order valence-corrected chi connectivity index (χ2v) is 5.79. The van der Waals surface area contributed by atoms with Crippen LogP contribution in [0.4, 0.5) is 8.78 Å². The second kappa shape index (κ2) is 6.80. The molecule has 5 nitrogen and oxygen atoms in total. The number of carbonyl (C=O) groups excluding carboxylic acids is 1. The highest BCUT2D eigenvalue weighted by Gasteiger charge is 2.45. The van der Waals surface area contributed by atoms with E-state index in [1.165, 1.54) is 6.07 Å². The number of hydrogen-bond donors (Lipinski definition) is 0. The fourth-order valence-electron chi connectivity index (χ4n) is 3.16. The van der Waals surface area contributed by atoms with Gasteiger partial charge >= 0.3 is 6.61 Å². The van der Waals surface area contributed by atoms with Crippen LogP contribution < -0.4 is 4.74 Å². The van der Waals surface area contributed by atoms with Crippen molar-refractivity contribution in [1.29, 1.82) is 0 Å². The molecule has 1 unspecified atom stereocenters. The van der Waals surface area contributed by atoms with E-state index in [4.69, 9.17) is 9.47 Å². The molecule has 0 bridgehead atoms. The maximum Gasteiger partial charge on any atom is 0.387 e. The molecule has 2 aliphatic rings. The van der Waals surface area contributed by atoms with E-state index in [0.717, 1.165) is 6.42 Å². The van der Waals surface area contributed by atoms with Gasteiger partial charge in [0.15, 0.2) is 0 Å². The number of nitrogens with zero attached hydrogens (tertiary/aromatic N) is 1. The zero-order valence-corrected chi connectivity index (χ0v) is 12.7. The van der Waals surface area contributed by atoms with E-state index >= 15 is 0 Å². The minimum absolute atomic E-state index is 0.0185. The lowest BCUT2D eigenvalue weighted by atomic mass is 9.94. The van der Waals surface area contributed by atoms with E-state index in [-0.39, 0.29) is 18.1 Å². The van der Waals surface area contributed by atoms with Crippen LogP contribution in [0, 0.1) is 0 Å². The largest absolute Gasteiger partial charge is 0.435 e. The molecule has 0 radical (unpaired) electrons. The summed E-state index contributed by atoms with van der Waals surface area (Å²) in [6, 6.07) is 6.39. The summed E-state index contributed by atoms with van der Waals surface area (Å²) in [5, 5.41) is 0. The van der Waals surface area contributed by atoms with Gasteiger partial charge in [-0.05, 0) is 12.5 Å². The molecule has 1 aromatic carbocycles. The number of carbonyl (C=O) groups is 1. The van der Waals surface area contributed by atoms with Crippen LogP contribution >= 0.6 is 0 Å². The summed E-state index contributed by atoms with van der Waals surface area (Å²) in [6.07, 6.45) is 0.749. The minimum Gasteiger partial charge on any atom is -0.435 e. The van der Waals surface area contributed by atoms with Gasteiger partial charge in [0, 0.05) is 18.7 Å². The fourth-order valence-corrected chi connectivity index (χ4v) is 3.16. The van der Waals surface area contributed by atoms with Gasteiger partial charge in [0.1, 0.15) is 5.75 Å². The zero-order chi connectivity index (χ0) is 16.3. The first-order valence-corrected chi connectivity index (χ1v) is 7.59. The molecule has 2 fully saturated rings. The van der Waals surface area contributed by atoms with Gasteiger partial charge in [-0.2, -0.15) is 8.78 Å². The molecule has 1 aromatic rings. The molecule has 0 aliphatic carbocycles. The van der Waals surface area contributed by atoms with Crippen LogP contribution in [0.5, 0.6) is 5.75 Å². The van der Waals surface area contributed by atoms with Crippen LogP contribution in [0.2, 0.25) is 0 Å². The summed E-state index contributed by atoms with van der Waals surface area (Å²) in [4.78, 5) is 14.5. The number of hydrogen-bond acceptors (Lipinski definition) is 4. The number of alkyl halides is 2. The SMILES string of the molecule is O=C(Cc1ccccc1OC(F)F)N1CCOCC12CCOC2. The molecule has 2 saturated heterocycles. The quantitative estimate of drug-likeness (QED) is 0.847. The standard InChI is InChI=1S/C16H19F2NO4/c17-15(18)23-13-4-2-1-3-12(13)9-14(20)19-6-8-22-11-16(19)5-7-21-10-16/h1-4,15H,5-11H2. The minimum atomic E-state index is -2.91. The van der Waals surface area contributed by atoms with Crippen molar-refractivity contribution in [3.63, 3.8) is 0 Å². The Morgan fingerprint density at radius 1 is 1.26 bits per heavy atom. The molecule has 3 rings (SSSR count). The van der Waals surface area contributed by atoms with Gasteiger partial charge < -0.3 is 19.1 Å². The number of para-hydroxylation sites is 1. The van der Waals surface area contributed by atoms with Crippen molar-refractivity contribution in [3.05, 3.63) is 29.8 Å². The van der Waals surface area contributed by atoms with E-state index in [1.54, 1.807) is 23.1 Å². The van der Waals surface area contributed by atoms with Crippen molar-refractivity contribution in [3.8, 4) is 5.75 Å². The average Bonchev–Trinajstić information content (AvgIpc) is 2.98. The third-order valence-corrected chi connectivity index (χ3v) is 4.32. The van der Waals surface area contributed by atoms with Gasteiger partial charge in [-0.3, -0.25) is 4.79 Å². The Morgan fingerprint density at radius 2 is 2.00 bits per heavy atom. The molecule has 23 heavy (non-hydrogen) atoms. The van der Waals surface area contributed by atoms with Crippen LogP contribution in [0.3, 0.4) is 0 Å². The van der Waals surface area contributed by atoms with Crippen molar-refractivity contribution in [2.24, 2.45) is 0 Å². The topological polar surface area (TPSA) is 48.0 Å². The van der Waals surface area contributed by atoms with Crippen molar-refractivity contribution in [2.45, 2.75) is 25.0 Å². The third-order valence-electron chi connectivity index (χ3n) is 4.32. The van der Waals surface area contributed by atoms with Crippen LogP contribution in [0.15, 0.2) is 24.3 Å². The van der Waals surface area contributed by atoms with Crippen LogP contribution in [-0.2, 0) is 20.7 Å². The van der Waals surface area contributed by atoms with Gasteiger partial charge in [0.05, 0.1) is 31.8 Å². The second-order valence-electron chi connectivity index (χ2n) is 5.79. The Morgan fingerprint density at radius 3 is 2.74 bits per heavy atom. The molecule has 1 amide bonds. The van der Waals surface area contributed by atoms with Crippen LogP contribution in [-0.4, -0.2) is 55.9 Å². The number of morpholine rings is 1. The monoisotopic (exact) mass is 327 g/mol. The summed E-state index contributed by atoms with van der Waals surface area (Å²) in [5.41, 5.74) is 0.0340. The average molecular weight is 327 g/mol. The van der Waals surface area contributed by atoms with Gasteiger partial charge in [0.25, 0.3) is 0 Å². The Bertz CT molecular complexity index is 561. The van der Waals surface area contributed by atoms with Gasteiger partial charge in [-0.15, -0.1) is 0 Å². The Balaban J connectivity index is 1.76. The van der Waals surface area contributed by atoms with Gasteiger partial charge in [-0.1, -0.05) is 18.2 Å². The van der Waals surface area contributed by atoms with Crippen molar-refractivity contribution in [1.82, 2.24) is 4.90 Å². The molecule has 2 heterocycles. The van der Waals surface area contributed by atoms with Crippen LogP contribution in [0.25, 0.3) is 0 Å². The maximum atomic E-state index is 12.7. The van der Waals surface area contributed by atoms with Crippen molar-refractivity contribution in [2.75, 3.05) is 33.0 Å². The fraction of sp³-hybridized carbons (Fsp3) is 0.562. The van der Waals surface area contributed by atoms with E-state index in [1.807, 2.05) is 0 Å². The zero-order valence-electron chi connectivity index (χ0n) is 12.7. The van der Waals surface area contributed by atoms with E-state index in [0.29, 0.717) is 38.5 Å². The first kappa shape index (κ1) is 16.1. The predicted octanol–water partition coefficient (Wildman–Crippen LogP) is 1.85. The summed E-state index contributed by atoms with van der Waals surface area (Å²) in [6.45, 7) is -0.452. The lowest BCUT2D eigenvalue weighted by molar-refractivity contribution is -0.148. The highest BCUT2D eigenvalue weighted by atomic mass is 19.3. The summed E-state index contributed by atoms with van der Waals surface area (Å²) < 4.78 is 40.4. The number of benzene rings is 1. The van der Waals surface area contributed by atoms with Crippen molar-refractivity contribution >= 4 is 5.91 Å². The lowest BCUT2D eigenvalue weighted by Crippen LogP contribution is -2.60. The summed E-state index contributed by atoms with van der Waals surface area (Å²) >= 11 is 0. The molecule has 0 aromatic heterocycles. The predicted molar refractivity (Wildman–Crippen MR) is 77.5 cm³/mol. The number of ether oxygens (including phenoxy) is 3.